The number of nitrogens with one attached hydrogen (secondary N) is 1. The average molecular weight is 647 g/mol. The Morgan fingerprint density at radius 1 is 0.889 bits per heavy atom. The van der Waals surface area contributed by atoms with Crippen LogP contribution in [0.15, 0.2) is 72.8 Å². The number of benzene rings is 3. The summed E-state index contributed by atoms with van der Waals surface area (Å²) in [4.78, 5) is 26.3. The molecular formula is C34H38ClF3N2O5. The van der Waals surface area contributed by atoms with E-state index in [1.54, 1.807) is 17.0 Å². The lowest BCUT2D eigenvalue weighted by atomic mass is 9.87. The molecular weight excluding hydrogens is 609 g/mol. The Kier molecular flexibility index (Phi) is 10.4. The van der Waals surface area contributed by atoms with Gasteiger partial charge in [-0.05, 0) is 76.9 Å². The number of rotatable bonds is 11. The van der Waals surface area contributed by atoms with Gasteiger partial charge in [0.25, 0.3) is 5.91 Å². The number of nitrogens with zero attached hydrogens (tertiary/aromatic N) is 1. The van der Waals surface area contributed by atoms with Crippen LogP contribution < -0.4 is 14.8 Å². The van der Waals surface area contributed by atoms with Crippen molar-refractivity contribution in [3.8, 4) is 11.5 Å². The van der Waals surface area contributed by atoms with E-state index in [0.29, 0.717) is 49.6 Å². The first-order valence-electron chi connectivity index (χ1n) is 14.7. The highest BCUT2D eigenvalue weighted by Gasteiger charge is 2.56. The molecule has 5 rings (SSSR count). The second-order valence-electron chi connectivity index (χ2n) is 12.5. The van der Waals surface area contributed by atoms with Crippen molar-refractivity contribution in [3.63, 3.8) is 0 Å². The summed E-state index contributed by atoms with van der Waals surface area (Å²) >= 11 is 0. The maximum atomic E-state index is 12.8. The number of fused-ring (bicyclic) bond motifs is 1. The number of carboxylic acids is 1. The molecule has 1 saturated heterocycles. The van der Waals surface area contributed by atoms with Crippen LogP contribution in [0.3, 0.4) is 0 Å². The molecule has 242 valence electrons. The van der Waals surface area contributed by atoms with Gasteiger partial charge in [0.15, 0.2) is 6.10 Å². The second-order valence-corrected chi connectivity index (χ2v) is 12.5. The van der Waals surface area contributed by atoms with E-state index < -0.39 is 23.8 Å². The highest BCUT2D eigenvalue weighted by Crippen LogP contribution is 2.45. The van der Waals surface area contributed by atoms with Crippen molar-refractivity contribution in [1.29, 1.82) is 0 Å². The van der Waals surface area contributed by atoms with E-state index in [2.05, 4.69) is 26.1 Å². The largest absolute Gasteiger partial charge is 0.492 e. The molecule has 1 amide bonds. The predicted molar refractivity (Wildman–Crippen MR) is 166 cm³/mol. The minimum absolute atomic E-state index is 0. The fourth-order valence-corrected chi connectivity index (χ4v) is 5.69. The van der Waals surface area contributed by atoms with Crippen molar-refractivity contribution in [2.75, 3.05) is 26.2 Å². The van der Waals surface area contributed by atoms with Crippen LogP contribution in [-0.4, -0.2) is 60.3 Å². The molecule has 0 bridgehead atoms. The zero-order chi connectivity index (χ0) is 31.6. The molecule has 0 aromatic heterocycles. The lowest BCUT2D eigenvalue weighted by Gasteiger charge is -2.21. The van der Waals surface area contributed by atoms with E-state index in [1.807, 2.05) is 36.4 Å². The molecule has 0 radical (unpaired) electrons. The topological polar surface area (TPSA) is 88.1 Å². The van der Waals surface area contributed by atoms with E-state index in [-0.39, 0.29) is 41.8 Å². The number of carboxylic acid groups (broad SMARTS) is 1. The zero-order valence-electron chi connectivity index (χ0n) is 25.3. The molecule has 11 heteroatoms. The summed E-state index contributed by atoms with van der Waals surface area (Å²) in [5, 5.41) is 13.2. The molecule has 7 nitrogen and oxygen atoms in total. The summed E-state index contributed by atoms with van der Waals surface area (Å²) in [5.74, 6) is 0.559. The number of alkyl halides is 3. The van der Waals surface area contributed by atoms with Gasteiger partial charge in [-0.1, -0.05) is 45.0 Å². The van der Waals surface area contributed by atoms with Crippen LogP contribution in [0.4, 0.5) is 13.2 Å². The van der Waals surface area contributed by atoms with Crippen LogP contribution in [0.5, 0.6) is 11.5 Å². The van der Waals surface area contributed by atoms with Gasteiger partial charge in [-0.15, -0.1) is 12.4 Å². The standard InChI is InChI=1S/C34H37F3N2O5.ClH/c1-33(2,3)23-10-14-26(15-11-23)44-29(32(41)42)18-21-4-12-25(13-5-21)43-17-16-38-30-27-19-39(20-28(27)30)31(40)22-6-8-24(9-7-22)34(35,36)37;/h4-15,27-30,38H,16-20H2,1-3H3,(H,41,42);1H/t27-,28?,29-,30+;/m0./s1. The van der Waals surface area contributed by atoms with Crippen LogP contribution in [0, 0.1) is 11.8 Å². The number of carbonyl (C=O) groups excluding carboxylic acids is 1. The Balaban J connectivity index is 0.00000461. The molecule has 2 aliphatic rings. The van der Waals surface area contributed by atoms with Crippen LogP contribution in [0.25, 0.3) is 0 Å². The smallest absolute Gasteiger partial charge is 0.416 e. The monoisotopic (exact) mass is 646 g/mol. The van der Waals surface area contributed by atoms with Gasteiger partial charge in [-0.3, -0.25) is 4.79 Å². The van der Waals surface area contributed by atoms with Gasteiger partial charge >= 0.3 is 12.1 Å². The Bertz CT molecular complexity index is 1450. The number of ether oxygens (including phenoxy) is 2. The third-order valence-electron chi connectivity index (χ3n) is 8.31. The van der Waals surface area contributed by atoms with E-state index >= 15 is 0 Å². The molecule has 1 aliphatic carbocycles. The molecule has 2 N–H and O–H groups in total. The van der Waals surface area contributed by atoms with Gasteiger partial charge in [-0.2, -0.15) is 13.2 Å². The van der Waals surface area contributed by atoms with Crippen LogP contribution in [0.1, 0.15) is 47.8 Å². The number of hydrogen-bond donors (Lipinski definition) is 2. The molecule has 1 aliphatic heterocycles. The number of hydrogen-bond acceptors (Lipinski definition) is 5. The van der Waals surface area contributed by atoms with Crippen molar-refractivity contribution < 1.29 is 37.3 Å². The van der Waals surface area contributed by atoms with Crippen LogP contribution >= 0.6 is 12.4 Å². The van der Waals surface area contributed by atoms with Gasteiger partial charge in [0.1, 0.15) is 18.1 Å². The summed E-state index contributed by atoms with van der Waals surface area (Å²) in [5.41, 5.74) is 1.45. The molecule has 4 atom stereocenters. The zero-order valence-corrected chi connectivity index (χ0v) is 26.2. The van der Waals surface area contributed by atoms with E-state index in [4.69, 9.17) is 9.47 Å². The van der Waals surface area contributed by atoms with Crippen LogP contribution in [0.2, 0.25) is 0 Å². The van der Waals surface area contributed by atoms with Crippen molar-refractivity contribution in [1.82, 2.24) is 10.2 Å². The van der Waals surface area contributed by atoms with Crippen molar-refractivity contribution in [2.45, 2.75) is 50.9 Å². The number of carbonyl (C=O) groups is 2. The minimum Gasteiger partial charge on any atom is -0.492 e. The maximum absolute atomic E-state index is 12.8. The first kappa shape index (κ1) is 34.1. The maximum Gasteiger partial charge on any atom is 0.416 e. The summed E-state index contributed by atoms with van der Waals surface area (Å²) < 4.78 is 50.0. The van der Waals surface area contributed by atoms with Crippen molar-refractivity contribution >= 4 is 24.3 Å². The van der Waals surface area contributed by atoms with Crippen molar-refractivity contribution in [2.24, 2.45) is 11.8 Å². The molecule has 1 unspecified atom stereocenters. The SMILES string of the molecule is CC(C)(C)c1ccc(O[C@@H](Cc2ccc(OCCN[C@H]3C4CN(C(=O)c5ccc(C(F)(F)F)cc5)C[C@@H]43)cc2)C(=O)O)cc1.Cl. The second kappa shape index (κ2) is 13.7. The molecule has 3 aromatic rings. The predicted octanol–water partition coefficient (Wildman–Crippen LogP) is 6.24. The summed E-state index contributed by atoms with van der Waals surface area (Å²) in [7, 11) is 0. The number of likely N-dealkylation sites (tertiary alicyclic amines) is 1. The average Bonchev–Trinajstić information content (AvgIpc) is 3.42. The molecule has 1 heterocycles. The van der Waals surface area contributed by atoms with Crippen molar-refractivity contribution in [3.05, 3.63) is 95.1 Å². The van der Waals surface area contributed by atoms with E-state index in [0.717, 1.165) is 23.3 Å². The third-order valence-corrected chi connectivity index (χ3v) is 8.31. The Hall–Kier alpha value is -3.76. The summed E-state index contributed by atoms with van der Waals surface area (Å²) in [6.07, 6.45) is -5.24. The summed E-state index contributed by atoms with van der Waals surface area (Å²) in [6, 6.07) is 19.4. The van der Waals surface area contributed by atoms with E-state index in [1.165, 1.54) is 12.1 Å². The molecule has 3 aromatic carbocycles. The van der Waals surface area contributed by atoms with E-state index in [9.17, 15) is 27.9 Å². The molecule has 2 fully saturated rings. The third kappa shape index (κ3) is 8.49. The minimum atomic E-state index is -4.43. The molecule has 0 spiro atoms. The lowest BCUT2D eigenvalue weighted by Crippen LogP contribution is -2.36. The quantitative estimate of drug-likeness (QED) is 0.240. The highest BCUT2D eigenvalue weighted by molar-refractivity contribution is 5.94. The highest BCUT2D eigenvalue weighted by atomic mass is 35.5. The van der Waals surface area contributed by atoms with Gasteiger partial charge in [-0.25, -0.2) is 4.79 Å². The van der Waals surface area contributed by atoms with Gasteiger partial charge in [0.05, 0.1) is 5.56 Å². The van der Waals surface area contributed by atoms with Crippen LogP contribution in [-0.2, 0) is 22.8 Å². The van der Waals surface area contributed by atoms with Gasteiger partial charge in [0.2, 0.25) is 0 Å². The Morgan fingerprint density at radius 2 is 1.44 bits per heavy atom. The number of piperidine rings is 1. The normalized spacial score (nSPS) is 19.7. The number of aliphatic carboxylic acids is 1. The first-order chi connectivity index (χ1) is 20.8. The summed E-state index contributed by atoms with van der Waals surface area (Å²) in [6.45, 7) is 8.55. The van der Waals surface area contributed by atoms with Gasteiger partial charge < -0.3 is 24.8 Å². The van der Waals surface area contributed by atoms with Gasteiger partial charge in [0, 0.05) is 37.7 Å². The first-order valence-corrected chi connectivity index (χ1v) is 14.7. The lowest BCUT2D eigenvalue weighted by molar-refractivity contribution is -0.145. The molecule has 1 saturated carbocycles. The number of amides is 1. The number of halogens is 4. The Morgan fingerprint density at radius 3 is 1.98 bits per heavy atom. The molecule has 45 heavy (non-hydrogen) atoms. The fourth-order valence-electron chi connectivity index (χ4n) is 5.69. The Labute approximate surface area is 267 Å². The fraction of sp³-hybridized carbons (Fsp3) is 0.412.